The monoisotopic (exact) mass is 515 g/mol. The Kier molecular flexibility index (Phi) is 7.80. The molecule has 6 rings (SSSR count). The van der Waals surface area contributed by atoms with Gasteiger partial charge in [-0.25, -0.2) is 4.99 Å². The number of nitrogens with one attached hydrogen (secondary N) is 3. The lowest BCUT2D eigenvalue weighted by atomic mass is 9.45. The van der Waals surface area contributed by atoms with E-state index >= 15 is 0 Å². The zero-order valence-corrected chi connectivity index (χ0v) is 23.7. The van der Waals surface area contributed by atoms with Crippen LogP contribution in [0.3, 0.4) is 0 Å². The highest BCUT2D eigenvalue weighted by atomic mass is 16.1. The van der Waals surface area contributed by atoms with Crippen molar-refractivity contribution >= 4 is 17.6 Å². The Morgan fingerprint density at radius 3 is 2.50 bits per heavy atom. The van der Waals surface area contributed by atoms with E-state index < -0.39 is 0 Å². The molecule has 3 N–H and O–H groups in total. The summed E-state index contributed by atoms with van der Waals surface area (Å²) in [6.07, 6.45) is 2.54. The van der Waals surface area contributed by atoms with E-state index in [1.165, 1.54) is 18.4 Å². The molecule has 4 fully saturated rings. The second-order valence-corrected chi connectivity index (χ2v) is 12.5. The maximum absolute atomic E-state index is 12.8. The van der Waals surface area contributed by atoms with Gasteiger partial charge in [0.2, 0.25) is 0 Å². The summed E-state index contributed by atoms with van der Waals surface area (Å²) in [5.41, 5.74) is 3.33. The van der Waals surface area contributed by atoms with Gasteiger partial charge in [0.05, 0.1) is 6.04 Å². The highest BCUT2D eigenvalue weighted by Gasteiger charge is 2.56. The summed E-state index contributed by atoms with van der Waals surface area (Å²) in [6.45, 7) is 15.1. The van der Waals surface area contributed by atoms with Crippen LogP contribution in [0.1, 0.15) is 69.3 Å². The average Bonchev–Trinajstić information content (AvgIpc) is 2.92. The van der Waals surface area contributed by atoms with Crippen molar-refractivity contribution in [2.45, 2.75) is 65.5 Å². The largest absolute Gasteiger partial charge is 0.351 e. The number of hydrogen-bond acceptors (Lipinski definition) is 3. The van der Waals surface area contributed by atoms with Crippen LogP contribution < -0.4 is 16.0 Å². The van der Waals surface area contributed by atoms with E-state index in [4.69, 9.17) is 4.99 Å². The first-order valence-corrected chi connectivity index (χ1v) is 14.5. The van der Waals surface area contributed by atoms with Crippen molar-refractivity contribution in [1.29, 1.82) is 0 Å². The van der Waals surface area contributed by atoms with Crippen LogP contribution in [0, 0.1) is 23.2 Å². The van der Waals surface area contributed by atoms with Crippen LogP contribution in [0.2, 0.25) is 0 Å². The molecule has 6 atom stereocenters. The van der Waals surface area contributed by atoms with Gasteiger partial charge in [0.1, 0.15) is 0 Å². The smallest absolute Gasteiger partial charge is 0.251 e. The molecule has 38 heavy (non-hydrogen) atoms. The second kappa shape index (κ2) is 11.1. The van der Waals surface area contributed by atoms with Crippen LogP contribution in [-0.4, -0.2) is 55.0 Å². The molecule has 2 aromatic rings. The van der Waals surface area contributed by atoms with Crippen molar-refractivity contribution in [2.24, 2.45) is 28.2 Å². The minimum absolute atomic E-state index is 0.0398. The number of aliphatic imine (C=N–C) groups is 1. The molecule has 2 aromatic carbocycles. The van der Waals surface area contributed by atoms with Crippen molar-refractivity contribution in [3.05, 3.63) is 65.7 Å². The average molecular weight is 516 g/mol. The molecule has 1 heterocycles. The predicted molar refractivity (Wildman–Crippen MR) is 157 cm³/mol. The van der Waals surface area contributed by atoms with E-state index in [2.05, 4.69) is 67.6 Å². The first kappa shape index (κ1) is 26.7. The van der Waals surface area contributed by atoms with Gasteiger partial charge in [0.15, 0.2) is 5.96 Å². The number of rotatable bonds is 6. The number of carbonyl (C=O) groups is 1. The fourth-order valence-corrected chi connectivity index (χ4v) is 6.85. The molecular formula is C32H45N5O. The van der Waals surface area contributed by atoms with E-state index in [0.717, 1.165) is 43.1 Å². The molecule has 1 amide bonds. The fraction of sp³-hybridized carbons (Fsp3) is 0.562. The molecule has 6 heteroatoms. The topological polar surface area (TPSA) is 68.8 Å². The maximum atomic E-state index is 12.8. The minimum Gasteiger partial charge on any atom is -0.351 e. The van der Waals surface area contributed by atoms with Gasteiger partial charge in [-0.15, -0.1) is 0 Å². The molecule has 1 aliphatic heterocycles. The molecule has 1 saturated heterocycles. The van der Waals surface area contributed by atoms with Crippen LogP contribution >= 0.6 is 0 Å². The van der Waals surface area contributed by atoms with Gasteiger partial charge in [0.25, 0.3) is 5.91 Å². The van der Waals surface area contributed by atoms with Crippen molar-refractivity contribution in [2.75, 3.05) is 31.5 Å². The van der Waals surface area contributed by atoms with Gasteiger partial charge in [-0.1, -0.05) is 58.0 Å². The summed E-state index contributed by atoms with van der Waals surface area (Å²) in [5, 5.41) is 10.3. The molecule has 204 valence electrons. The Balaban J connectivity index is 1.26. The fourth-order valence-electron chi connectivity index (χ4n) is 6.85. The van der Waals surface area contributed by atoms with Crippen molar-refractivity contribution in [1.82, 2.24) is 15.5 Å². The van der Waals surface area contributed by atoms with E-state index in [9.17, 15) is 4.79 Å². The van der Waals surface area contributed by atoms with E-state index in [-0.39, 0.29) is 11.8 Å². The molecule has 0 aromatic heterocycles. The summed E-state index contributed by atoms with van der Waals surface area (Å²) in [5.74, 6) is 3.34. The summed E-state index contributed by atoms with van der Waals surface area (Å²) in [4.78, 5) is 20.6. The summed E-state index contributed by atoms with van der Waals surface area (Å²) >= 11 is 0. The second-order valence-electron chi connectivity index (χ2n) is 12.5. The van der Waals surface area contributed by atoms with Crippen LogP contribution in [0.25, 0.3) is 0 Å². The molecule has 0 unspecified atom stereocenters. The SMILES string of the molecule is C[C@@H]1[C@H](/N=C(/Nc2ccc(C(=O)NC[C@@H](C)c3ccccc3)cc2)N2CCN[C@@H](C)C2)C[C@H]2C[C@@H]1C2(C)C. The Morgan fingerprint density at radius 1 is 1.11 bits per heavy atom. The molecule has 3 aliphatic carbocycles. The Labute approximate surface area is 228 Å². The normalized spacial score (nSPS) is 29.2. The first-order chi connectivity index (χ1) is 18.2. The first-order valence-electron chi connectivity index (χ1n) is 14.5. The van der Waals surface area contributed by atoms with Crippen molar-refractivity contribution < 1.29 is 4.79 Å². The third kappa shape index (κ3) is 5.61. The third-order valence-electron chi connectivity index (χ3n) is 9.61. The number of nitrogens with zero attached hydrogens (tertiary/aromatic N) is 2. The highest BCUT2D eigenvalue weighted by molar-refractivity contribution is 5.96. The molecule has 0 radical (unpaired) electrons. The summed E-state index contributed by atoms with van der Waals surface area (Å²) in [7, 11) is 0. The van der Waals surface area contributed by atoms with Gasteiger partial charge in [-0.3, -0.25) is 4.79 Å². The number of anilines is 1. The number of carbonyl (C=O) groups excluding carboxylic acids is 1. The van der Waals surface area contributed by atoms with Crippen LogP contribution in [0.4, 0.5) is 5.69 Å². The van der Waals surface area contributed by atoms with Gasteiger partial charge in [-0.05, 0) is 78.7 Å². The van der Waals surface area contributed by atoms with E-state index in [0.29, 0.717) is 35.5 Å². The molecule has 0 spiro atoms. The van der Waals surface area contributed by atoms with Gasteiger partial charge >= 0.3 is 0 Å². The molecular weight excluding hydrogens is 470 g/mol. The van der Waals surface area contributed by atoms with E-state index in [1.54, 1.807) is 0 Å². The number of amides is 1. The van der Waals surface area contributed by atoms with Gasteiger partial charge < -0.3 is 20.9 Å². The number of guanidine groups is 1. The summed E-state index contributed by atoms with van der Waals surface area (Å²) < 4.78 is 0. The standard InChI is InChI=1S/C32H45N5O/c1-21(24-9-7-6-8-10-24)19-34-30(38)25-11-13-27(14-12-25)35-31(37-16-15-33-22(2)20-37)36-29-18-26-17-28(23(29)3)32(26,4)5/h6-14,21-23,26,28-29,33H,15-20H2,1-5H3,(H,34,38)(H,35,36)/t21-,22+,23+,26-,28+,29-/m1/s1. The highest BCUT2D eigenvalue weighted by Crippen LogP contribution is 2.61. The Hall–Kier alpha value is -2.86. The van der Waals surface area contributed by atoms with Crippen molar-refractivity contribution in [3.63, 3.8) is 0 Å². The number of benzene rings is 2. The number of fused-ring (bicyclic) bond motifs is 2. The number of piperazine rings is 1. The molecule has 2 bridgehead atoms. The molecule has 4 aliphatic rings. The summed E-state index contributed by atoms with van der Waals surface area (Å²) in [6, 6.07) is 18.9. The van der Waals surface area contributed by atoms with Crippen LogP contribution in [-0.2, 0) is 0 Å². The molecule has 3 saturated carbocycles. The predicted octanol–water partition coefficient (Wildman–Crippen LogP) is 5.35. The number of hydrogen-bond donors (Lipinski definition) is 3. The third-order valence-corrected chi connectivity index (χ3v) is 9.61. The van der Waals surface area contributed by atoms with Crippen LogP contribution in [0.15, 0.2) is 59.6 Å². The lowest BCUT2D eigenvalue weighted by molar-refractivity contribution is -0.108. The van der Waals surface area contributed by atoms with Gasteiger partial charge in [0, 0.05) is 43.5 Å². The zero-order chi connectivity index (χ0) is 26.9. The lowest BCUT2D eigenvalue weighted by Crippen LogP contribution is -2.57. The Morgan fingerprint density at radius 2 is 1.84 bits per heavy atom. The lowest BCUT2D eigenvalue weighted by Gasteiger charge is -2.61. The maximum Gasteiger partial charge on any atom is 0.251 e. The zero-order valence-electron chi connectivity index (χ0n) is 23.7. The van der Waals surface area contributed by atoms with Gasteiger partial charge in [-0.2, -0.15) is 0 Å². The van der Waals surface area contributed by atoms with E-state index in [1.807, 2.05) is 42.5 Å². The van der Waals surface area contributed by atoms with Crippen LogP contribution in [0.5, 0.6) is 0 Å². The minimum atomic E-state index is -0.0398. The Bertz CT molecular complexity index is 1130. The quantitative estimate of drug-likeness (QED) is 0.358. The van der Waals surface area contributed by atoms with Crippen molar-refractivity contribution in [3.8, 4) is 0 Å². The molecule has 6 nitrogen and oxygen atoms in total.